The summed E-state index contributed by atoms with van der Waals surface area (Å²) in [6, 6.07) is 0. The van der Waals surface area contributed by atoms with Gasteiger partial charge in [-0.3, -0.25) is 14.4 Å². The quantitative estimate of drug-likeness (QED) is 0.0235. The van der Waals surface area contributed by atoms with E-state index in [1.807, 2.05) is 0 Å². The number of ether oxygens (including phenoxy) is 3. The molecule has 9 heteroatoms. The molecule has 0 aromatic carbocycles. The zero-order valence-electron chi connectivity index (χ0n) is 43.1. The van der Waals surface area contributed by atoms with Gasteiger partial charge in [-0.1, -0.05) is 192 Å². The van der Waals surface area contributed by atoms with Crippen LogP contribution in [0.4, 0.5) is 0 Å². The van der Waals surface area contributed by atoms with E-state index in [1.54, 1.807) is 0 Å². The van der Waals surface area contributed by atoms with Crippen molar-refractivity contribution < 1.29 is 43.9 Å². The van der Waals surface area contributed by atoms with Crippen LogP contribution in [0.1, 0.15) is 271 Å². The first-order valence-corrected chi connectivity index (χ1v) is 27.7. The first kappa shape index (κ1) is 63.5. The molecule has 0 aliphatic rings. The molecule has 0 amide bonds. The maximum Gasteiger partial charge on any atom is 0.306 e. The molecule has 0 fully saturated rings. The smallest absolute Gasteiger partial charge is 0.306 e. The maximum absolute atomic E-state index is 12.8. The average Bonchev–Trinajstić information content (AvgIpc) is 3.30. The second-order valence-electron chi connectivity index (χ2n) is 19.0. The summed E-state index contributed by atoms with van der Waals surface area (Å²) in [6.45, 7) is 6.33. The predicted octanol–water partition coefficient (Wildman–Crippen LogP) is 15.0. The second-order valence-corrected chi connectivity index (χ2v) is 19.0. The molecule has 386 valence electrons. The Morgan fingerprint density at radius 3 is 0.985 bits per heavy atom. The minimum atomic E-state index is -0.836. The van der Waals surface area contributed by atoms with Gasteiger partial charge in [0.1, 0.15) is 13.2 Å². The van der Waals surface area contributed by atoms with E-state index in [0.717, 1.165) is 167 Å². The van der Waals surface area contributed by atoms with E-state index in [0.29, 0.717) is 19.3 Å². The van der Waals surface area contributed by atoms with Crippen LogP contribution in [-0.4, -0.2) is 70.9 Å². The van der Waals surface area contributed by atoms with E-state index in [-0.39, 0.29) is 55.9 Å². The van der Waals surface area contributed by atoms with Crippen LogP contribution in [0.15, 0.2) is 36.5 Å². The van der Waals surface area contributed by atoms with Crippen LogP contribution in [0.25, 0.3) is 0 Å². The first-order chi connectivity index (χ1) is 32.2. The van der Waals surface area contributed by atoms with Crippen LogP contribution < -0.4 is 0 Å². The summed E-state index contributed by atoms with van der Waals surface area (Å²) in [6.07, 6.45) is 48.9. The van der Waals surface area contributed by atoms with Gasteiger partial charge in [-0.05, 0) is 96.3 Å². The molecule has 0 aromatic heterocycles. The Kier molecular flexibility index (Phi) is 48.5. The van der Waals surface area contributed by atoms with E-state index in [1.165, 1.54) is 57.8 Å². The summed E-state index contributed by atoms with van der Waals surface area (Å²) in [5.41, 5.74) is 0. The Bertz CT molecular complexity index is 1110. The number of hydrogen-bond acceptors (Lipinski definition) is 9. The van der Waals surface area contributed by atoms with Crippen molar-refractivity contribution in [2.45, 2.75) is 296 Å². The molecule has 0 bridgehead atoms. The fourth-order valence-electron chi connectivity index (χ4n) is 7.95. The highest BCUT2D eigenvalue weighted by Crippen LogP contribution is 2.15. The molecule has 9 nitrogen and oxygen atoms in total. The number of carbonyl (C=O) groups excluding carboxylic acids is 3. The number of hydrogen-bond donors (Lipinski definition) is 3. The van der Waals surface area contributed by atoms with Crippen molar-refractivity contribution >= 4 is 17.9 Å². The minimum absolute atomic E-state index is 0.132. The van der Waals surface area contributed by atoms with E-state index in [4.69, 9.17) is 14.2 Å². The Hall–Kier alpha value is -2.49. The number of aliphatic hydroxyl groups excluding tert-OH is 3. The van der Waals surface area contributed by atoms with E-state index < -0.39 is 6.10 Å². The maximum atomic E-state index is 12.8. The lowest BCUT2D eigenvalue weighted by Crippen LogP contribution is -2.30. The van der Waals surface area contributed by atoms with Crippen molar-refractivity contribution in [3.05, 3.63) is 36.5 Å². The molecule has 3 N–H and O–H groups in total. The lowest BCUT2D eigenvalue weighted by molar-refractivity contribution is -0.167. The summed E-state index contributed by atoms with van der Waals surface area (Å²) in [5.74, 6) is -1.04. The number of carbonyl (C=O) groups is 3. The normalized spacial score (nSPS) is 13.7. The van der Waals surface area contributed by atoms with Crippen molar-refractivity contribution in [2.75, 3.05) is 13.2 Å². The summed E-state index contributed by atoms with van der Waals surface area (Å²) < 4.78 is 16.7. The summed E-state index contributed by atoms with van der Waals surface area (Å²) in [5, 5.41) is 30.4. The van der Waals surface area contributed by atoms with Crippen molar-refractivity contribution in [1.82, 2.24) is 0 Å². The van der Waals surface area contributed by atoms with Crippen LogP contribution in [0, 0.1) is 0 Å². The standard InChI is InChI=1S/C57H104O9/c1-4-7-10-31-40-51(58)43-34-25-19-13-16-22-28-37-46-55(61)64-49-54(66-57(63)48-39-30-24-18-15-21-27-36-45-53(60)42-33-12-9-6-3)50-65-56(62)47-38-29-23-17-14-20-26-35-44-52(59)41-32-11-8-5-2/h25-27,34-36,51-54,58-60H,4-24,28-33,37-50H2,1-3H3/b34-25+,35-26?,36-27+. The Balaban J connectivity index is 4.51. The number of esters is 3. The van der Waals surface area contributed by atoms with Gasteiger partial charge in [0.15, 0.2) is 6.10 Å². The Morgan fingerprint density at radius 1 is 0.364 bits per heavy atom. The SMILES string of the molecule is CCCCCCC(O)CC=CCCCCCCCC(=O)OCC(COC(=O)CCCCCCC/C=C/CC(O)CCCCCC)OC(=O)CCCCCCC/C=C/CC(O)CCCCCC. The molecular formula is C57H104O9. The zero-order valence-corrected chi connectivity index (χ0v) is 43.1. The Morgan fingerprint density at radius 2 is 0.652 bits per heavy atom. The molecule has 4 unspecified atom stereocenters. The predicted molar refractivity (Wildman–Crippen MR) is 274 cm³/mol. The number of allylic oxidation sites excluding steroid dienone is 3. The van der Waals surface area contributed by atoms with Gasteiger partial charge in [0.25, 0.3) is 0 Å². The van der Waals surface area contributed by atoms with Gasteiger partial charge in [0, 0.05) is 19.3 Å². The molecule has 0 aromatic rings. The van der Waals surface area contributed by atoms with Gasteiger partial charge in [-0.25, -0.2) is 0 Å². The first-order valence-electron chi connectivity index (χ1n) is 27.7. The molecule has 0 spiro atoms. The van der Waals surface area contributed by atoms with Crippen molar-refractivity contribution in [1.29, 1.82) is 0 Å². The minimum Gasteiger partial charge on any atom is -0.462 e. The van der Waals surface area contributed by atoms with Gasteiger partial charge in [0.2, 0.25) is 0 Å². The topological polar surface area (TPSA) is 140 Å². The zero-order chi connectivity index (χ0) is 48.4. The van der Waals surface area contributed by atoms with E-state index >= 15 is 0 Å². The van der Waals surface area contributed by atoms with Gasteiger partial charge in [-0.2, -0.15) is 0 Å². The van der Waals surface area contributed by atoms with Crippen LogP contribution in [-0.2, 0) is 28.6 Å². The molecule has 0 saturated heterocycles. The van der Waals surface area contributed by atoms with Crippen molar-refractivity contribution in [2.24, 2.45) is 0 Å². The van der Waals surface area contributed by atoms with E-state index in [2.05, 4.69) is 57.2 Å². The molecular weight excluding hydrogens is 829 g/mol. The highest BCUT2D eigenvalue weighted by Gasteiger charge is 2.19. The third kappa shape index (κ3) is 48.0. The van der Waals surface area contributed by atoms with Gasteiger partial charge in [0.05, 0.1) is 18.3 Å². The van der Waals surface area contributed by atoms with Crippen LogP contribution in [0.2, 0.25) is 0 Å². The molecule has 0 saturated carbocycles. The molecule has 66 heavy (non-hydrogen) atoms. The fraction of sp³-hybridized carbons (Fsp3) is 0.842. The molecule has 4 atom stereocenters. The lowest BCUT2D eigenvalue weighted by atomic mass is 10.1. The fourth-order valence-corrected chi connectivity index (χ4v) is 7.95. The van der Waals surface area contributed by atoms with E-state index in [9.17, 15) is 29.7 Å². The lowest BCUT2D eigenvalue weighted by Gasteiger charge is -2.18. The Labute approximate surface area is 405 Å². The number of aliphatic hydroxyl groups is 3. The third-order valence-corrected chi connectivity index (χ3v) is 12.3. The largest absolute Gasteiger partial charge is 0.462 e. The molecule has 0 aliphatic carbocycles. The molecule has 0 aliphatic heterocycles. The highest BCUT2D eigenvalue weighted by atomic mass is 16.6. The number of unbranched alkanes of at least 4 members (excludes halogenated alkanes) is 24. The molecule has 0 rings (SSSR count). The van der Waals surface area contributed by atoms with Crippen molar-refractivity contribution in [3.63, 3.8) is 0 Å². The summed E-state index contributed by atoms with van der Waals surface area (Å²) in [4.78, 5) is 38.1. The highest BCUT2D eigenvalue weighted by molar-refractivity contribution is 5.71. The van der Waals surface area contributed by atoms with Crippen LogP contribution in [0.5, 0.6) is 0 Å². The van der Waals surface area contributed by atoms with Gasteiger partial charge >= 0.3 is 17.9 Å². The summed E-state index contributed by atoms with van der Waals surface area (Å²) in [7, 11) is 0. The third-order valence-electron chi connectivity index (χ3n) is 12.3. The molecule has 0 heterocycles. The van der Waals surface area contributed by atoms with Crippen LogP contribution in [0.3, 0.4) is 0 Å². The average molecular weight is 933 g/mol. The monoisotopic (exact) mass is 933 g/mol. The van der Waals surface area contributed by atoms with Crippen molar-refractivity contribution in [3.8, 4) is 0 Å². The number of rotatable bonds is 50. The van der Waals surface area contributed by atoms with Gasteiger partial charge < -0.3 is 29.5 Å². The summed E-state index contributed by atoms with van der Waals surface area (Å²) >= 11 is 0. The second kappa shape index (κ2) is 50.4. The molecule has 0 radical (unpaired) electrons. The van der Waals surface area contributed by atoms with Gasteiger partial charge in [-0.15, -0.1) is 0 Å². The van der Waals surface area contributed by atoms with Crippen LogP contribution >= 0.6 is 0 Å².